The van der Waals surface area contributed by atoms with Gasteiger partial charge in [-0.25, -0.2) is 4.39 Å². The van der Waals surface area contributed by atoms with Crippen LogP contribution in [-0.4, -0.2) is 5.11 Å². The number of hydrogen-bond donors (Lipinski definition) is 1. The molecule has 0 saturated heterocycles. The van der Waals surface area contributed by atoms with Gasteiger partial charge in [0.1, 0.15) is 5.82 Å². The summed E-state index contributed by atoms with van der Waals surface area (Å²) in [6, 6.07) is 12.9. The van der Waals surface area contributed by atoms with Gasteiger partial charge in [0.15, 0.2) is 0 Å². The Labute approximate surface area is 123 Å². The van der Waals surface area contributed by atoms with Gasteiger partial charge in [0.25, 0.3) is 0 Å². The lowest BCUT2D eigenvalue weighted by molar-refractivity contribution is 0.195. The monoisotopic (exact) mass is 290 g/mol. The van der Waals surface area contributed by atoms with Crippen LogP contribution < -0.4 is 0 Å². The zero-order valence-electron chi connectivity index (χ0n) is 11.9. The van der Waals surface area contributed by atoms with Crippen molar-refractivity contribution >= 4 is 11.8 Å². The molecule has 106 valence electrons. The third-order valence-corrected chi connectivity index (χ3v) is 4.36. The summed E-state index contributed by atoms with van der Waals surface area (Å²) in [4.78, 5) is 1.47. The molecule has 1 N–H and O–H groups in total. The van der Waals surface area contributed by atoms with Gasteiger partial charge in [0, 0.05) is 4.90 Å². The van der Waals surface area contributed by atoms with Gasteiger partial charge in [0.2, 0.25) is 0 Å². The van der Waals surface area contributed by atoms with Crippen LogP contribution in [0.1, 0.15) is 43.9 Å². The van der Waals surface area contributed by atoms with Crippen LogP contribution in [0.4, 0.5) is 4.39 Å². The van der Waals surface area contributed by atoms with Crippen molar-refractivity contribution in [1.29, 1.82) is 0 Å². The first kappa shape index (κ1) is 15.1. The molecule has 20 heavy (non-hydrogen) atoms. The van der Waals surface area contributed by atoms with Gasteiger partial charge in [-0.3, -0.25) is 0 Å². The zero-order valence-corrected chi connectivity index (χ0v) is 12.7. The first-order valence-electron chi connectivity index (χ1n) is 6.73. The number of halogens is 1. The molecule has 2 aromatic rings. The van der Waals surface area contributed by atoms with Crippen molar-refractivity contribution in [3.05, 3.63) is 59.4 Å². The Morgan fingerprint density at radius 3 is 2.20 bits per heavy atom. The van der Waals surface area contributed by atoms with Crippen molar-refractivity contribution in [2.45, 2.75) is 42.6 Å². The lowest BCUT2D eigenvalue weighted by Gasteiger charge is -2.13. The van der Waals surface area contributed by atoms with E-state index in [2.05, 4.69) is 26.0 Å². The molecule has 1 atom stereocenters. The van der Waals surface area contributed by atoms with E-state index in [9.17, 15) is 9.50 Å². The maximum atomic E-state index is 14.0. The average molecular weight is 290 g/mol. The van der Waals surface area contributed by atoms with Crippen LogP contribution >= 0.6 is 11.8 Å². The van der Waals surface area contributed by atoms with E-state index in [0.29, 0.717) is 16.4 Å². The average Bonchev–Trinajstić information content (AvgIpc) is 2.41. The Hall–Kier alpha value is -1.32. The second-order valence-corrected chi connectivity index (χ2v) is 6.24. The van der Waals surface area contributed by atoms with Crippen LogP contribution in [0.2, 0.25) is 0 Å². The lowest BCUT2D eigenvalue weighted by atomic mass is 10.0. The Morgan fingerprint density at radius 1 is 1.00 bits per heavy atom. The molecule has 0 aliphatic rings. The first-order chi connectivity index (χ1) is 9.49. The number of benzene rings is 2. The standard InChI is InChI=1S/C17H19FOS/c1-11(2)13-7-9-14(10-8-13)20-17-15(12(3)19)5-4-6-16(17)18/h4-12,19H,1-3H3/t12-/m1/s1. The van der Waals surface area contributed by atoms with Gasteiger partial charge in [-0.2, -0.15) is 0 Å². The number of aliphatic hydroxyl groups is 1. The maximum absolute atomic E-state index is 14.0. The highest BCUT2D eigenvalue weighted by Crippen LogP contribution is 2.35. The quantitative estimate of drug-likeness (QED) is 0.840. The van der Waals surface area contributed by atoms with Crippen molar-refractivity contribution in [1.82, 2.24) is 0 Å². The Kier molecular flexibility index (Phi) is 4.84. The largest absolute Gasteiger partial charge is 0.389 e. The van der Waals surface area contributed by atoms with Crippen LogP contribution in [0.25, 0.3) is 0 Å². The van der Waals surface area contributed by atoms with E-state index in [4.69, 9.17) is 0 Å². The van der Waals surface area contributed by atoms with Gasteiger partial charge in [-0.05, 0) is 42.2 Å². The molecule has 3 heteroatoms. The third-order valence-electron chi connectivity index (χ3n) is 3.21. The molecule has 0 heterocycles. The molecule has 1 nitrogen and oxygen atoms in total. The zero-order chi connectivity index (χ0) is 14.7. The van der Waals surface area contributed by atoms with Crippen molar-refractivity contribution < 1.29 is 9.50 Å². The molecule has 0 aromatic heterocycles. The number of rotatable bonds is 4. The smallest absolute Gasteiger partial charge is 0.137 e. The fourth-order valence-corrected chi connectivity index (χ4v) is 3.03. The summed E-state index contributed by atoms with van der Waals surface area (Å²) in [5, 5.41) is 9.74. The van der Waals surface area contributed by atoms with Crippen molar-refractivity contribution in [3.63, 3.8) is 0 Å². The van der Waals surface area contributed by atoms with Gasteiger partial charge in [0.05, 0.1) is 11.0 Å². The number of hydrogen-bond acceptors (Lipinski definition) is 2. The van der Waals surface area contributed by atoms with Gasteiger partial charge >= 0.3 is 0 Å². The van der Waals surface area contributed by atoms with Crippen LogP contribution in [0.15, 0.2) is 52.3 Å². The molecular formula is C17H19FOS. The van der Waals surface area contributed by atoms with E-state index in [1.807, 2.05) is 12.1 Å². The van der Waals surface area contributed by atoms with Gasteiger partial charge in [-0.1, -0.05) is 49.9 Å². The molecular weight excluding hydrogens is 271 g/mol. The van der Waals surface area contributed by atoms with E-state index in [1.54, 1.807) is 19.1 Å². The molecule has 0 fully saturated rings. The van der Waals surface area contributed by atoms with E-state index < -0.39 is 6.10 Å². The molecule has 0 radical (unpaired) electrons. The fourth-order valence-electron chi connectivity index (χ4n) is 2.00. The maximum Gasteiger partial charge on any atom is 0.137 e. The minimum atomic E-state index is -0.678. The van der Waals surface area contributed by atoms with Gasteiger partial charge in [-0.15, -0.1) is 0 Å². The first-order valence-corrected chi connectivity index (χ1v) is 7.55. The molecule has 0 amide bonds. The minimum absolute atomic E-state index is 0.290. The summed E-state index contributed by atoms with van der Waals surface area (Å²) in [7, 11) is 0. The summed E-state index contributed by atoms with van der Waals surface area (Å²) >= 11 is 1.35. The predicted octanol–water partition coefficient (Wildman–Crippen LogP) is 5.15. The summed E-state index contributed by atoms with van der Waals surface area (Å²) in [5.41, 5.74) is 1.89. The molecule has 0 bridgehead atoms. The van der Waals surface area contributed by atoms with Crippen LogP contribution in [-0.2, 0) is 0 Å². The normalized spacial score (nSPS) is 12.7. The number of aliphatic hydroxyl groups excluding tert-OH is 1. The van der Waals surface area contributed by atoms with Gasteiger partial charge < -0.3 is 5.11 Å². The SMILES string of the molecule is CC(C)c1ccc(Sc2c(F)cccc2[C@@H](C)O)cc1. The molecule has 0 aliphatic carbocycles. The van der Waals surface area contributed by atoms with E-state index in [-0.39, 0.29) is 5.82 Å². The highest BCUT2D eigenvalue weighted by Gasteiger charge is 2.13. The fraction of sp³-hybridized carbons (Fsp3) is 0.294. The van der Waals surface area contributed by atoms with E-state index in [1.165, 1.54) is 23.4 Å². The van der Waals surface area contributed by atoms with Crippen molar-refractivity contribution in [2.24, 2.45) is 0 Å². The van der Waals surface area contributed by atoms with E-state index in [0.717, 1.165) is 4.90 Å². The second kappa shape index (κ2) is 6.42. The third kappa shape index (κ3) is 3.41. The topological polar surface area (TPSA) is 20.2 Å². The second-order valence-electron chi connectivity index (χ2n) is 5.16. The summed E-state index contributed by atoms with van der Waals surface area (Å²) in [6.45, 7) is 5.94. The molecule has 0 unspecified atom stereocenters. The molecule has 2 rings (SSSR count). The van der Waals surface area contributed by atoms with Crippen LogP contribution in [0, 0.1) is 5.82 Å². The Bertz CT molecular complexity index is 576. The van der Waals surface area contributed by atoms with Crippen molar-refractivity contribution in [3.8, 4) is 0 Å². The predicted molar refractivity (Wildman–Crippen MR) is 81.7 cm³/mol. The van der Waals surface area contributed by atoms with Crippen molar-refractivity contribution in [2.75, 3.05) is 0 Å². The Balaban J connectivity index is 2.30. The molecule has 2 aromatic carbocycles. The molecule has 0 saturated carbocycles. The Morgan fingerprint density at radius 2 is 1.65 bits per heavy atom. The molecule has 0 aliphatic heterocycles. The summed E-state index contributed by atoms with van der Waals surface area (Å²) in [6.07, 6.45) is -0.678. The highest BCUT2D eigenvalue weighted by molar-refractivity contribution is 7.99. The summed E-state index contributed by atoms with van der Waals surface area (Å²) < 4.78 is 14.0. The highest BCUT2D eigenvalue weighted by atomic mass is 32.2. The lowest BCUT2D eigenvalue weighted by Crippen LogP contribution is -1.96. The minimum Gasteiger partial charge on any atom is -0.389 e. The van der Waals surface area contributed by atoms with E-state index >= 15 is 0 Å². The molecule has 0 spiro atoms. The summed E-state index contributed by atoms with van der Waals surface area (Å²) in [5.74, 6) is 0.192. The van der Waals surface area contributed by atoms with Crippen LogP contribution in [0.5, 0.6) is 0 Å². The van der Waals surface area contributed by atoms with Crippen LogP contribution in [0.3, 0.4) is 0 Å².